The molecule has 0 bridgehead atoms. The molecule has 0 unspecified atom stereocenters. The van der Waals surface area contributed by atoms with Gasteiger partial charge in [0.05, 0.1) is 10.9 Å². The van der Waals surface area contributed by atoms with Gasteiger partial charge >= 0.3 is 0 Å². The van der Waals surface area contributed by atoms with Gasteiger partial charge in [0.25, 0.3) is 11.5 Å². The minimum atomic E-state index is -0.188. The van der Waals surface area contributed by atoms with Gasteiger partial charge in [0.15, 0.2) is 0 Å². The van der Waals surface area contributed by atoms with Crippen LogP contribution in [0.2, 0.25) is 0 Å². The van der Waals surface area contributed by atoms with Crippen LogP contribution in [0.15, 0.2) is 47.4 Å². The van der Waals surface area contributed by atoms with E-state index < -0.39 is 0 Å². The number of nitrogens with one attached hydrogen (secondary N) is 1. The topological polar surface area (TPSA) is 51.1 Å². The SMILES string of the molecule is Cc1sc2ccn(CC(C)C)c(=O)c2c1C(=O)NCc1ccccc1. The third-order valence-corrected chi connectivity index (χ3v) is 5.15. The zero-order chi connectivity index (χ0) is 18.0. The zero-order valence-electron chi connectivity index (χ0n) is 14.7. The zero-order valence-corrected chi connectivity index (χ0v) is 15.5. The minimum absolute atomic E-state index is 0.0830. The summed E-state index contributed by atoms with van der Waals surface area (Å²) in [5.41, 5.74) is 1.46. The first-order valence-corrected chi connectivity index (χ1v) is 9.23. The molecular weight excluding hydrogens is 332 g/mol. The molecule has 0 saturated heterocycles. The van der Waals surface area contributed by atoms with Crippen LogP contribution in [0.3, 0.4) is 0 Å². The lowest BCUT2D eigenvalue weighted by atomic mass is 10.1. The van der Waals surface area contributed by atoms with E-state index >= 15 is 0 Å². The second-order valence-electron chi connectivity index (χ2n) is 6.61. The Morgan fingerprint density at radius 1 is 1.20 bits per heavy atom. The van der Waals surface area contributed by atoms with Crippen LogP contribution in [0.1, 0.15) is 34.6 Å². The number of rotatable bonds is 5. The molecule has 0 fully saturated rings. The van der Waals surface area contributed by atoms with Gasteiger partial charge in [-0.25, -0.2) is 0 Å². The summed E-state index contributed by atoms with van der Waals surface area (Å²) in [7, 11) is 0. The average molecular weight is 354 g/mol. The summed E-state index contributed by atoms with van der Waals surface area (Å²) in [6.45, 7) is 7.14. The van der Waals surface area contributed by atoms with Gasteiger partial charge in [-0.3, -0.25) is 9.59 Å². The molecule has 1 N–H and O–H groups in total. The van der Waals surface area contributed by atoms with E-state index in [0.29, 0.717) is 30.0 Å². The Kier molecular flexibility index (Phi) is 5.04. The van der Waals surface area contributed by atoms with E-state index in [0.717, 1.165) is 15.1 Å². The fourth-order valence-electron chi connectivity index (χ4n) is 2.94. The molecule has 1 aromatic carbocycles. The monoisotopic (exact) mass is 354 g/mol. The van der Waals surface area contributed by atoms with Crippen molar-refractivity contribution in [2.75, 3.05) is 0 Å². The Balaban J connectivity index is 1.96. The van der Waals surface area contributed by atoms with E-state index in [1.165, 1.54) is 11.3 Å². The lowest BCUT2D eigenvalue weighted by Gasteiger charge is -2.09. The number of fused-ring (bicyclic) bond motifs is 1. The number of aryl methyl sites for hydroxylation is 1. The summed E-state index contributed by atoms with van der Waals surface area (Å²) in [4.78, 5) is 26.5. The van der Waals surface area contributed by atoms with Crippen molar-refractivity contribution in [3.05, 3.63) is 69.0 Å². The first kappa shape index (κ1) is 17.4. The molecule has 1 amide bonds. The number of thiophene rings is 1. The van der Waals surface area contributed by atoms with Gasteiger partial charge in [0.2, 0.25) is 0 Å². The second kappa shape index (κ2) is 7.23. The number of amides is 1. The van der Waals surface area contributed by atoms with Crippen molar-refractivity contribution in [3.63, 3.8) is 0 Å². The van der Waals surface area contributed by atoms with Crippen molar-refractivity contribution in [1.82, 2.24) is 9.88 Å². The van der Waals surface area contributed by atoms with Crippen molar-refractivity contribution in [1.29, 1.82) is 0 Å². The Bertz CT molecular complexity index is 955. The third kappa shape index (κ3) is 3.66. The fraction of sp³-hybridized carbons (Fsp3) is 0.300. The summed E-state index contributed by atoms with van der Waals surface area (Å²) in [6, 6.07) is 11.7. The molecule has 0 radical (unpaired) electrons. The number of carbonyl (C=O) groups is 1. The standard InChI is InChI=1S/C20H22N2O2S/c1-13(2)12-22-10-9-16-18(20(22)24)17(14(3)25-16)19(23)21-11-15-7-5-4-6-8-15/h4-10,13H,11-12H2,1-3H3,(H,21,23). The number of hydrogen-bond donors (Lipinski definition) is 1. The smallest absolute Gasteiger partial charge is 0.260 e. The number of nitrogens with zero attached hydrogens (tertiary/aromatic N) is 1. The van der Waals surface area contributed by atoms with Gasteiger partial charge in [-0.05, 0) is 24.5 Å². The van der Waals surface area contributed by atoms with Crippen LogP contribution >= 0.6 is 11.3 Å². The van der Waals surface area contributed by atoms with E-state index in [2.05, 4.69) is 19.2 Å². The largest absolute Gasteiger partial charge is 0.348 e. The number of hydrogen-bond acceptors (Lipinski definition) is 3. The maximum atomic E-state index is 12.9. The van der Waals surface area contributed by atoms with Crippen LogP contribution in [0.5, 0.6) is 0 Å². The van der Waals surface area contributed by atoms with E-state index in [1.807, 2.05) is 49.5 Å². The quantitative estimate of drug-likeness (QED) is 0.754. The van der Waals surface area contributed by atoms with Crippen molar-refractivity contribution < 1.29 is 4.79 Å². The lowest BCUT2D eigenvalue weighted by molar-refractivity contribution is 0.0952. The predicted molar refractivity (Wildman–Crippen MR) is 103 cm³/mol. The number of pyridine rings is 1. The lowest BCUT2D eigenvalue weighted by Crippen LogP contribution is -2.27. The highest BCUT2D eigenvalue weighted by molar-refractivity contribution is 7.19. The molecule has 2 aromatic heterocycles. The predicted octanol–water partition coefficient (Wildman–Crippen LogP) is 3.96. The number of aromatic nitrogens is 1. The molecule has 2 heterocycles. The first-order valence-electron chi connectivity index (χ1n) is 8.42. The second-order valence-corrected chi connectivity index (χ2v) is 7.86. The highest BCUT2D eigenvalue weighted by Crippen LogP contribution is 2.28. The van der Waals surface area contributed by atoms with Crippen LogP contribution in [0.4, 0.5) is 0 Å². The Hall–Kier alpha value is -2.40. The molecule has 0 aliphatic carbocycles. The van der Waals surface area contributed by atoms with Gasteiger partial charge in [-0.2, -0.15) is 0 Å². The molecule has 0 spiro atoms. The highest BCUT2D eigenvalue weighted by Gasteiger charge is 2.20. The fourth-order valence-corrected chi connectivity index (χ4v) is 3.99. The molecule has 130 valence electrons. The van der Waals surface area contributed by atoms with Crippen LogP contribution in [0.25, 0.3) is 10.1 Å². The van der Waals surface area contributed by atoms with Crippen LogP contribution in [-0.2, 0) is 13.1 Å². The molecule has 0 atom stereocenters. The molecule has 3 rings (SSSR count). The summed E-state index contributed by atoms with van der Waals surface area (Å²) >= 11 is 1.50. The summed E-state index contributed by atoms with van der Waals surface area (Å²) in [5.74, 6) is 0.178. The Morgan fingerprint density at radius 3 is 2.60 bits per heavy atom. The normalized spacial score (nSPS) is 11.2. The molecule has 4 nitrogen and oxygen atoms in total. The first-order chi connectivity index (χ1) is 12.0. The Labute approximate surface area is 151 Å². The van der Waals surface area contributed by atoms with E-state index in [1.54, 1.807) is 4.57 Å². The Morgan fingerprint density at radius 2 is 1.92 bits per heavy atom. The summed E-state index contributed by atoms with van der Waals surface area (Å²) in [5, 5.41) is 3.48. The summed E-state index contributed by atoms with van der Waals surface area (Å²) in [6.07, 6.45) is 1.83. The van der Waals surface area contributed by atoms with E-state index in [9.17, 15) is 9.59 Å². The highest BCUT2D eigenvalue weighted by atomic mass is 32.1. The van der Waals surface area contributed by atoms with Crippen molar-refractivity contribution >= 4 is 27.3 Å². The maximum absolute atomic E-state index is 12.9. The number of carbonyl (C=O) groups excluding carboxylic acids is 1. The number of benzene rings is 1. The van der Waals surface area contributed by atoms with E-state index in [4.69, 9.17) is 0 Å². The van der Waals surface area contributed by atoms with Gasteiger partial charge in [0, 0.05) is 28.9 Å². The van der Waals surface area contributed by atoms with Crippen molar-refractivity contribution in [2.24, 2.45) is 5.92 Å². The third-order valence-electron chi connectivity index (χ3n) is 4.08. The van der Waals surface area contributed by atoms with E-state index in [-0.39, 0.29) is 11.5 Å². The molecule has 5 heteroatoms. The van der Waals surface area contributed by atoms with Gasteiger partial charge in [-0.1, -0.05) is 44.2 Å². The van der Waals surface area contributed by atoms with Gasteiger partial charge in [-0.15, -0.1) is 11.3 Å². The van der Waals surface area contributed by atoms with Crippen molar-refractivity contribution in [2.45, 2.75) is 33.9 Å². The summed E-state index contributed by atoms with van der Waals surface area (Å²) < 4.78 is 2.57. The molecule has 0 aliphatic rings. The van der Waals surface area contributed by atoms with Crippen LogP contribution in [-0.4, -0.2) is 10.5 Å². The average Bonchev–Trinajstić information content (AvgIpc) is 2.93. The molecule has 0 saturated carbocycles. The van der Waals surface area contributed by atoms with Gasteiger partial charge in [0.1, 0.15) is 0 Å². The van der Waals surface area contributed by atoms with Crippen LogP contribution < -0.4 is 10.9 Å². The molecule has 3 aromatic rings. The van der Waals surface area contributed by atoms with Crippen LogP contribution in [0, 0.1) is 12.8 Å². The molecular formula is C20H22N2O2S. The molecule has 25 heavy (non-hydrogen) atoms. The minimum Gasteiger partial charge on any atom is -0.348 e. The van der Waals surface area contributed by atoms with Crippen molar-refractivity contribution in [3.8, 4) is 0 Å². The maximum Gasteiger partial charge on any atom is 0.260 e. The molecule has 0 aliphatic heterocycles. The van der Waals surface area contributed by atoms with Gasteiger partial charge < -0.3 is 9.88 Å².